The van der Waals surface area contributed by atoms with Crippen molar-refractivity contribution in [1.82, 2.24) is 10.2 Å². The molecule has 0 aromatic heterocycles. The van der Waals surface area contributed by atoms with E-state index >= 15 is 0 Å². The van der Waals surface area contributed by atoms with Crippen LogP contribution in [0.1, 0.15) is 57.1 Å². The van der Waals surface area contributed by atoms with Gasteiger partial charge in [0.1, 0.15) is 6.61 Å². The number of alkyl carbamates (subject to hydrolysis) is 1. The molecular weight excluding hydrogens is 444 g/mol. The molecule has 2 N–H and O–H groups in total. The lowest BCUT2D eigenvalue weighted by Crippen LogP contribution is -2.41. The number of nitrogens with zero attached hydrogens (tertiary/aromatic N) is 1. The number of carboxylic acids is 1. The second-order valence-electron chi connectivity index (χ2n) is 10.1. The first-order valence-corrected chi connectivity index (χ1v) is 12.4. The van der Waals surface area contributed by atoms with Crippen LogP contribution in [0.25, 0.3) is 11.1 Å². The number of hydrogen-bond acceptors (Lipinski definition) is 4. The highest BCUT2D eigenvalue weighted by atomic mass is 16.5. The molecule has 35 heavy (non-hydrogen) atoms. The number of carboxylic acid groups (broad SMARTS) is 1. The van der Waals surface area contributed by atoms with Gasteiger partial charge in [0.25, 0.3) is 0 Å². The topological polar surface area (TPSA) is 95.9 Å². The van der Waals surface area contributed by atoms with Gasteiger partial charge in [-0.25, -0.2) is 4.79 Å². The van der Waals surface area contributed by atoms with Crippen molar-refractivity contribution < 1.29 is 24.2 Å². The van der Waals surface area contributed by atoms with E-state index in [-0.39, 0.29) is 43.4 Å². The summed E-state index contributed by atoms with van der Waals surface area (Å²) in [5.41, 5.74) is 3.67. The third-order valence-corrected chi connectivity index (χ3v) is 7.67. The van der Waals surface area contributed by atoms with Crippen molar-refractivity contribution in [3.8, 4) is 11.1 Å². The molecule has 3 atom stereocenters. The molecule has 7 heteroatoms. The number of rotatable bonds is 8. The smallest absolute Gasteiger partial charge is 0.407 e. The Morgan fingerprint density at radius 1 is 1.11 bits per heavy atom. The van der Waals surface area contributed by atoms with E-state index in [0.29, 0.717) is 13.0 Å². The molecule has 0 radical (unpaired) electrons. The van der Waals surface area contributed by atoms with Gasteiger partial charge in [-0.05, 0) is 41.5 Å². The van der Waals surface area contributed by atoms with E-state index in [2.05, 4.69) is 29.6 Å². The van der Waals surface area contributed by atoms with Crippen molar-refractivity contribution in [3.63, 3.8) is 0 Å². The van der Waals surface area contributed by atoms with Gasteiger partial charge in [-0.3, -0.25) is 9.59 Å². The molecule has 2 aliphatic rings. The molecule has 4 rings (SSSR count). The molecule has 1 aliphatic carbocycles. The van der Waals surface area contributed by atoms with Gasteiger partial charge in [0.05, 0.1) is 5.41 Å². The lowest BCUT2D eigenvalue weighted by atomic mass is 9.81. The van der Waals surface area contributed by atoms with Gasteiger partial charge >= 0.3 is 12.1 Å². The molecule has 186 valence electrons. The number of amides is 2. The molecule has 1 heterocycles. The van der Waals surface area contributed by atoms with Crippen molar-refractivity contribution in [2.45, 2.75) is 52.0 Å². The first-order chi connectivity index (χ1) is 16.7. The van der Waals surface area contributed by atoms with E-state index in [4.69, 9.17) is 4.74 Å². The Morgan fingerprint density at radius 3 is 2.26 bits per heavy atom. The van der Waals surface area contributed by atoms with Crippen molar-refractivity contribution in [2.24, 2.45) is 11.3 Å². The highest BCUT2D eigenvalue weighted by molar-refractivity contribution is 5.82. The molecule has 2 aromatic rings. The summed E-state index contributed by atoms with van der Waals surface area (Å²) < 4.78 is 5.65. The summed E-state index contributed by atoms with van der Waals surface area (Å²) in [5.74, 6) is -1.19. The number of likely N-dealkylation sites (tertiary alicyclic amines) is 1. The van der Waals surface area contributed by atoms with E-state index in [0.717, 1.165) is 17.5 Å². The van der Waals surface area contributed by atoms with Crippen molar-refractivity contribution in [2.75, 3.05) is 19.7 Å². The fourth-order valence-electron chi connectivity index (χ4n) is 5.34. The molecule has 7 nitrogen and oxygen atoms in total. The van der Waals surface area contributed by atoms with Crippen LogP contribution < -0.4 is 5.32 Å². The van der Waals surface area contributed by atoms with Gasteiger partial charge < -0.3 is 20.1 Å². The van der Waals surface area contributed by atoms with Crippen LogP contribution in [0.2, 0.25) is 0 Å². The Kier molecular flexibility index (Phi) is 7.15. The van der Waals surface area contributed by atoms with Crippen molar-refractivity contribution in [1.29, 1.82) is 0 Å². The zero-order valence-electron chi connectivity index (χ0n) is 20.6. The molecule has 1 saturated heterocycles. The second-order valence-corrected chi connectivity index (χ2v) is 10.1. The summed E-state index contributed by atoms with van der Waals surface area (Å²) in [5, 5.41) is 12.5. The minimum absolute atomic E-state index is 0.0285. The fourth-order valence-corrected chi connectivity index (χ4v) is 5.34. The molecule has 0 bridgehead atoms. The number of fused-ring (bicyclic) bond motifs is 3. The SMILES string of the molecule is CCCC(CC(=O)N1C[C@@H](C)[C@](C)(C(=O)O)C1)NC(=O)OCC1c2ccccc2-c2ccccc21. The van der Waals surface area contributed by atoms with Gasteiger partial charge in [-0.2, -0.15) is 0 Å². The summed E-state index contributed by atoms with van der Waals surface area (Å²) >= 11 is 0. The minimum atomic E-state index is -0.948. The average molecular weight is 479 g/mol. The van der Waals surface area contributed by atoms with E-state index in [1.165, 1.54) is 11.1 Å². The average Bonchev–Trinajstić information content (AvgIpc) is 3.33. The highest BCUT2D eigenvalue weighted by Gasteiger charge is 2.47. The maximum Gasteiger partial charge on any atom is 0.407 e. The third kappa shape index (κ3) is 4.90. The van der Waals surface area contributed by atoms with E-state index < -0.39 is 17.5 Å². The first-order valence-electron chi connectivity index (χ1n) is 12.4. The Bertz CT molecular complexity index is 1070. The van der Waals surface area contributed by atoms with Crippen molar-refractivity contribution >= 4 is 18.0 Å². The van der Waals surface area contributed by atoms with Gasteiger partial charge in [0.2, 0.25) is 5.91 Å². The van der Waals surface area contributed by atoms with Crippen LogP contribution in [-0.4, -0.2) is 53.7 Å². The molecule has 1 fully saturated rings. The minimum Gasteiger partial charge on any atom is -0.481 e. The standard InChI is InChI=1S/C28H34N2O5/c1-4-9-19(14-25(31)30-15-18(2)28(3,17-30)26(32)33)29-27(34)35-16-24-22-12-7-5-10-20(22)21-11-6-8-13-23(21)24/h5-8,10-13,18-19,24H,4,9,14-17H2,1-3H3,(H,29,34)(H,32,33)/t18-,19?,28-/m1/s1. The second kappa shape index (κ2) is 10.1. The molecule has 1 aliphatic heterocycles. The number of hydrogen-bond donors (Lipinski definition) is 2. The van der Waals surface area contributed by atoms with Crippen LogP contribution in [0.15, 0.2) is 48.5 Å². The maximum absolute atomic E-state index is 13.0. The van der Waals surface area contributed by atoms with Crippen LogP contribution in [-0.2, 0) is 14.3 Å². The molecule has 0 spiro atoms. The zero-order chi connectivity index (χ0) is 25.2. The number of carbonyl (C=O) groups is 3. The summed E-state index contributed by atoms with van der Waals surface area (Å²) in [6.45, 7) is 6.35. The van der Waals surface area contributed by atoms with E-state index in [1.807, 2.05) is 38.1 Å². The van der Waals surface area contributed by atoms with E-state index in [1.54, 1.807) is 11.8 Å². The number of carbonyl (C=O) groups excluding carboxylic acids is 2. The van der Waals surface area contributed by atoms with Crippen LogP contribution in [0.4, 0.5) is 4.79 Å². The maximum atomic E-state index is 13.0. The van der Waals surface area contributed by atoms with Gasteiger partial charge in [-0.15, -0.1) is 0 Å². The largest absolute Gasteiger partial charge is 0.481 e. The van der Waals surface area contributed by atoms with Crippen LogP contribution >= 0.6 is 0 Å². The molecule has 1 unspecified atom stereocenters. The summed E-state index contributed by atoms with van der Waals surface area (Å²) in [6.07, 6.45) is 1.02. The third-order valence-electron chi connectivity index (χ3n) is 7.67. The van der Waals surface area contributed by atoms with Crippen LogP contribution in [0.3, 0.4) is 0 Å². The molecular formula is C28H34N2O5. The normalized spacial score (nSPS) is 21.8. The zero-order valence-corrected chi connectivity index (χ0v) is 20.6. The van der Waals surface area contributed by atoms with Crippen LogP contribution in [0, 0.1) is 11.3 Å². The Balaban J connectivity index is 1.36. The lowest BCUT2D eigenvalue weighted by Gasteiger charge is -2.24. The predicted molar refractivity (Wildman–Crippen MR) is 133 cm³/mol. The number of benzene rings is 2. The molecule has 0 saturated carbocycles. The quantitative estimate of drug-likeness (QED) is 0.576. The van der Waals surface area contributed by atoms with Gasteiger partial charge in [0, 0.05) is 31.5 Å². The predicted octanol–water partition coefficient (Wildman–Crippen LogP) is 4.65. The summed E-state index contributed by atoms with van der Waals surface area (Å²) in [6, 6.07) is 16.0. The van der Waals surface area contributed by atoms with Crippen LogP contribution in [0.5, 0.6) is 0 Å². The monoisotopic (exact) mass is 478 g/mol. The first kappa shape index (κ1) is 24.8. The Morgan fingerprint density at radius 2 is 1.71 bits per heavy atom. The Labute approximate surface area is 206 Å². The molecule has 2 amide bonds. The number of nitrogens with one attached hydrogen (secondary N) is 1. The Hall–Kier alpha value is -3.35. The number of ether oxygens (including phenoxy) is 1. The van der Waals surface area contributed by atoms with Gasteiger partial charge in [-0.1, -0.05) is 68.8 Å². The van der Waals surface area contributed by atoms with Gasteiger partial charge in [0.15, 0.2) is 0 Å². The van der Waals surface area contributed by atoms with E-state index in [9.17, 15) is 19.5 Å². The summed E-state index contributed by atoms with van der Waals surface area (Å²) in [4.78, 5) is 39.0. The molecule has 2 aromatic carbocycles. The summed E-state index contributed by atoms with van der Waals surface area (Å²) in [7, 11) is 0. The van der Waals surface area contributed by atoms with Crippen molar-refractivity contribution in [3.05, 3.63) is 59.7 Å². The highest BCUT2D eigenvalue weighted by Crippen LogP contribution is 2.44. The fraction of sp³-hybridized carbons (Fsp3) is 0.464. The lowest BCUT2D eigenvalue weighted by molar-refractivity contribution is -0.149. The number of aliphatic carboxylic acids is 1.